The highest BCUT2D eigenvalue weighted by Crippen LogP contribution is 2.27. The number of amides is 3. The molecule has 2 atom stereocenters. The molecule has 1 aliphatic rings. The molecule has 0 saturated heterocycles. The zero-order valence-corrected chi connectivity index (χ0v) is 26.5. The third kappa shape index (κ3) is 11.9. The fourth-order valence-electron chi connectivity index (χ4n) is 5.41. The van der Waals surface area contributed by atoms with E-state index < -0.39 is 23.8 Å². The molecule has 7 heteroatoms. The summed E-state index contributed by atoms with van der Waals surface area (Å²) in [5, 5.41) is 6.10. The minimum absolute atomic E-state index is 0.105. The van der Waals surface area contributed by atoms with Gasteiger partial charge in [-0.1, -0.05) is 103 Å². The van der Waals surface area contributed by atoms with Crippen molar-refractivity contribution in [1.29, 1.82) is 0 Å². The molecule has 1 saturated carbocycles. The number of hydrogen-bond acceptors (Lipinski definition) is 4. The Hall–Kier alpha value is -2.83. The maximum absolute atomic E-state index is 14.4. The molecular weight excluding hydrogens is 514 g/mol. The predicted octanol–water partition coefficient (Wildman–Crippen LogP) is 7.56. The van der Waals surface area contributed by atoms with Crippen LogP contribution in [0.3, 0.4) is 0 Å². The zero-order chi connectivity index (χ0) is 30.4. The van der Waals surface area contributed by atoms with E-state index >= 15 is 0 Å². The minimum Gasteiger partial charge on any atom is -0.444 e. The molecule has 0 aliphatic heterocycles. The lowest BCUT2D eigenvalue weighted by atomic mass is 9.94. The molecule has 1 fully saturated rings. The quantitative estimate of drug-likeness (QED) is 0.213. The number of nitrogens with one attached hydrogen (secondary N) is 2. The lowest BCUT2D eigenvalue weighted by molar-refractivity contribution is -0.143. The predicted molar refractivity (Wildman–Crippen MR) is 167 cm³/mol. The van der Waals surface area contributed by atoms with Crippen LogP contribution in [0.1, 0.15) is 129 Å². The van der Waals surface area contributed by atoms with Crippen LogP contribution in [0.2, 0.25) is 0 Å². The van der Waals surface area contributed by atoms with E-state index in [1.807, 2.05) is 38.1 Å². The Kier molecular flexibility index (Phi) is 14.4. The summed E-state index contributed by atoms with van der Waals surface area (Å²) in [5.41, 5.74) is 0.937. The summed E-state index contributed by atoms with van der Waals surface area (Å²) in [7, 11) is 0. The number of carbonyl (C=O) groups is 3. The van der Waals surface area contributed by atoms with Crippen LogP contribution in [-0.2, 0) is 14.3 Å². The summed E-state index contributed by atoms with van der Waals surface area (Å²) < 4.78 is 5.50. The van der Waals surface area contributed by atoms with Crippen molar-refractivity contribution in [3.8, 4) is 0 Å². The second-order valence-electron chi connectivity index (χ2n) is 12.8. The van der Waals surface area contributed by atoms with Crippen LogP contribution in [0.5, 0.6) is 0 Å². The maximum atomic E-state index is 14.4. The van der Waals surface area contributed by atoms with Crippen molar-refractivity contribution in [2.75, 3.05) is 6.54 Å². The van der Waals surface area contributed by atoms with Crippen LogP contribution in [0.15, 0.2) is 30.8 Å². The normalized spacial score (nSPS) is 15.6. The molecule has 1 aliphatic carbocycles. The van der Waals surface area contributed by atoms with Gasteiger partial charge in [0.1, 0.15) is 17.7 Å². The van der Waals surface area contributed by atoms with Gasteiger partial charge < -0.3 is 20.3 Å². The number of ether oxygens (including phenoxy) is 1. The number of unbranched alkanes of at least 4 members (excludes halogenated alkanes) is 5. The van der Waals surface area contributed by atoms with Crippen LogP contribution >= 0.6 is 0 Å². The molecule has 230 valence electrons. The van der Waals surface area contributed by atoms with Crippen molar-refractivity contribution < 1.29 is 19.1 Å². The lowest BCUT2D eigenvalue weighted by Crippen LogP contribution is -2.55. The molecule has 0 heterocycles. The van der Waals surface area contributed by atoms with Gasteiger partial charge in [-0.3, -0.25) is 9.59 Å². The minimum atomic E-state index is -0.836. The Bertz CT molecular complexity index is 978. The molecule has 1 aromatic rings. The molecule has 2 rings (SSSR count). The average molecular weight is 570 g/mol. The third-order valence-electron chi connectivity index (χ3n) is 7.61. The van der Waals surface area contributed by atoms with Gasteiger partial charge in [0.15, 0.2) is 0 Å². The fraction of sp³-hybridized carbons (Fsp3) is 0.676. The van der Waals surface area contributed by atoms with Crippen LogP contribution in [0.25, 0.3) is 6.08 Å². The molecule has 2 N–H and O–H groups in total. The molecule has 2 unspecified atom stereocenters. The SMILES string of the molecule is C=Cc1cccc(C(C(=O)NC2CCCCC2)N(CCCCCCCC)C(=O)C(NC(=O)OC(C)(C)C)C(C)C)c1. The summed E-state index contributed by atoms with van der Waals surface area (Å²) in [4.78, 5) is 42.9. The van der Waals surface area contributed by atoms with Gasteiger partial charge in [-0.05, 0) is 63.1 Å². The first-order valence-corrected chi connectivity index (χ1v) is 15.8. The van der Waals surface area contributed by atoms with Crippen molar-refractivity contribution >= 4 is 24.0 Å². The first-order chi connectivity index (χ1) is 19.5. The van der Waals surface area contributed by atoms with Crippen molar-refractivity contribution in [3.63, 3.8) is 0 Å². The highest BCUT2D eigenvalue weighted by molar-refractivity contribution is 5.92. The van der Waals surface area contributed by atoms with Crippen molar-refractivity contribution in [1.82, 2.24) is 15.5 Å². The summed E-state index contributed by atoms with van der Waals surface area (Å²) >= 11 is 0. The number of nitrogens with zero attached hydrogens (tertiary/aromatic N) is 1. The van der Waals surface area contributed by atoms with E-state index in [-0.39, 0.29) is 23.8 Å². The van der Waals surface area contributed by atoms with E-state index in [1.54, 1.807) is 31.7 Å². The highest BCUT2D eigenvalue weighted by Gasteiger charge is 2.38. The Labute approximate surface area is 248 Å². The zero-order valence-electron chi connectivity index (χ0n) is 26.5. The van der Waals surface area contributed by atoms with Gasteiger partial charge in [-0.25, -0.2) is 4.79 Å². The van der Waals surface area contributed by atoms with E-state index in [9.17, 15) is 14.4 Å². The molecule has 0 aromatic heterocycles. The topological polar surface area (TPSA) is 87.7 Å². The maximum Gasteiger partial charge on any atom is 0.408 e. The molecule has 7 nitrogen and oxygen atoms in total. The Morgan fingerprint density at radius 1 is 1.05 bits per heavy atom. The Morgan fingerprint density at radius 3 is 2.32 bits per heavy atom. The summed E-state index contributed by atoms with van der Waals surface area (Å²) in [6.45, 7) is 15.7. The van der Waals surface area contributed by atoms with E-state index in [4.69, 9.17) is 4.74 Å². The fourth-order valence-corrected chi connectivity index (χ4v) is 5.41. The third-order valence-corrected chi connectivity index (χ3v) is 7.61. The summed E-state index contributed by atoms with van der Waals surface area (Å²) in [6.07, 6.45) is 12.7. The summed E-state index contributed by atoms with van der Waals surface area (Å²) in [5.74, 6) is -0.645. The van der Waals surface area contributed by atoms with Gasteiger partial charge in [0.25, 0.3) is 0 Å². The molecular formula is C34H55N3O4. The van der Waals surface area contributed by atoms with Gasteiger partial charge in [0.2, 0.25) is 11.8 Å². The number of hydrogen-bond donors (Lipinski definition) is 2. The van der Waals surface area contributed by atoms with E-state index in [2.05, 4.69) is 24.1 Å². The number of rotatable bonds is 15. The van der Waals surface area contributed by atoms with Crippen molar-refractivity contribution in [2.24, 2.45) is 5.92 Å². The van der Waals surface area contributed by atoms with Crippen LogP contribution < -0.4 is 10.6 Å². The second-order valence-corrected chi connectivity index (χ2v) is 12.8. The van der Waals surface area contributed by atoms with Crippen molar-refractivity contribution in [3.05, 3.63) is 42.0 Å². The lowest BCUT2D eigenvalue weighted by Gasteiger charge is -2.36. The monoisotopic (exact) mass is 569 g/mol. The van der Waals surface area contributed by atoms with E-state index in [1.165, 1.54) is 19.3 Å². The largest absolute Gasteiger partial charge is 0.444 e. The van der Waals surface area contributed by atoms with Crippen LogP contribution in [-0.4, -0.2) is 47.0 Å². The highest BCUT2D eigenvalue weighted by atomic mass is 16.6. The first kappa shape index (κ1) is 34.4. The van der Waals surface area contributed by atoms with Crippen molar-refractivity contribution in [2.45, 2.75) is 136 Å². The van der Waals surface area contributed by atoms with E-state index in [0.717, 1.165) is 62.5 Å². The van der Waals surface area contributed by atoms with E-state index in [0.29, 0.717) is 6.54 Å². The van der Waals surface area contributed by atoms with Gasteiger partial charge in [0, 0.05) is 12.6 Å². The molecule has 0 spiro atoms. The average Bonchev–Trinajstić information content (AvgIpc) is 2.92. The molecule has 0 radical (unpaired) electrons. The number of alkyl carbamates (subject to hydrolysis) is 1. The smallest absolute Gasteiger partial charge is 0.408 e. The number of carbonyl (C=O) groups excluding carboxylic acids is 3. The van der Waals surface area contributed by atoms with Gasteiger partial charge >= 0.3 is 6.09 Å². The van der Waals surface area contributed by atoms with Gasteiger partial charge in [-0.2, -0.15) is 0 Å². The summed E-state index contributed by atoms with van der Waals surface area (Å²) in [6, 6.07) is 6.14. The van der Waals surface area contributed by atoms with Crippen LogP contribution in [0, 0.1) is 5.92 Å². The molecule has 1 aromatic carbocycles. The first-order valence-electron chi connectivity index (χ1n) is 15.8. The Morgan fingerprint density at radius 2 is 1.71 bits per heavy atom. The Balaban J connectivity index is 2.45. The van der Waals surface area contributed by atoms with Gasteiger partial charge in [-0.15, -0.1) is 0 Å². The molecule has 41 heavy (non-hydrogen) atoms. The number of benzene rings is 1. The second kappa shape index (κ2) is 17.2. The standard InChI is InChI=1S/C34H55N3O4/c1-8-10-11-12-13-17-23-37(32(39)29(25(3)4)36-33(40)41-34(5,6)7)30(27-20-18-19-26(9-2)24-27)31(38)35-28-21-15-14-16-22-28/h9,18-20,24-25,28-30H,2,8,10-17,21-23H2,1,3-7H3,(H,35,38)(H,36,40). The molecule has 0 bridgehead atoms. The van der Waals surface area contributed by atoms with Crippen LogP contribution in [0.4, 0.5) is 4.79 Å². The molecule has 3 amide bonds. The van der Waals surface area contributed by atoms with Gasteiger partial charge in [0.05, 0.1) is 0 Å².